The van der Waals surface area contributed by atoms with Crippen LogP contribution in [0.25, 0.3) is 0 Å². The van der Waals surface area contributed by atoms with Gasteiger partial charge in [-0.1, -0.05) is 13.1 Å². The Morgan fingerprint density at radius 2 is 1.75 bits per heavy atom. The van der Waals surface area contributed by atoms with Crippen molar-refractivity contribution in [3.63, 3.8) is 0 Å². The molecule has 0 N–H and O–H groups in total. The van der Waals surface area contributed by atoms with Gasteiger partial charge >= 0.3 is 0 Å². The Kier molecular flexibility index (Phi) is 3.18. The van der Waals surface area contributed by atoms with Crippen LogP contribution in [0, 0.1) is 0 Å². The molecule has 1 nitrogen and oxygen atoms in total. The lowest BCUT2D eigenvalue weighted by atomic mass is 11.9. The first-order valence-corrected chi connectivity index (χ1v) is 10.9. The zero-order chi connectivity index (χ0) is 6.78. The van der Waals surface area contributed by atoms with Crippen molar-refractivity contribution in [3.8, 4) is 0 Å². The Hall–Kier alpha value is 0.611. The van der Waals surface area contributed by atoms with Gasteiger partial charge in [0.1, 0.15) is 10.5 Å². The standard InChI is InChI=1S/C4H16OSi3/c1-7(2)8(3,4)5-6/h7H,1-4,6H3. The third kappa shape index (κ3) is 2.25. The summed E-state index contributed by atoms with van der Waals surface area (Å²) in [6.45, 7) is 9.42. The van der Waals surface area contributed by atoms with Gasteiger partial charge in [0.2, 0.25) is 0 Å². The molecule has 0 aromatic rings. The van der Waals surface area contributed by atoms with Crippen molar-refractivity contribution in [2.75, 3.05) is 0 Å². The molecular weight excluding hydrogens is 148 g/mol. The van der Waals surface area contributed by atoms with Crippen molar-refractivity contribution in [3.05, 3.63) is 0 Å². The van der Waals surface area contributed by atoms with Gasteiger partial charge in [-0.15, -0.1) is 0 Å². The third-order valence-corrected chi connectivity index (χ3v) is 19.4. The van der Waals surface area contributed by atoms with Gasteiger partial charge in [-0.05, 0) is 13.1 Å². The maximum absolute atomic E-state index is 5.54. The van der Waals surface area contributed by atoms with E-state index in [1.807, 2.05) is 0 Å². The molecule has 0 saturated heterocycles. The summed E-state index contributed by atoms with van der Waals surface area (Å²) in [6.07, 6.45) is 0. The summed E-state index contributed by atoms with van der Waals surface area (Å²) in [5, 5.41) is 0. The maximum Gasteiger partial charge on any atom is 0.155 e. The molecule has 0 radical (unpaired) electrons. The maximum atomic E-state index is 5.54. The molecule has 0 aliphatic rings. The molecule has 0 unspecified atom stereocenters. The molecule has 4 heteroatoms. The molecule has 0 aromatic carbocycles. The summed E-state index contributed by atoms with van der Waals surface area (Å²) in [5.41, 5.74) is 0. The fourth-order valence-corrected chi connectivity index (χ4v) is 6.36. The topological polar surface area (TPSA) is 9.23 Å². The van der Waals surface area contributed by atoms with Gasteiger partial charge in [-0.3, -0.25) is 0 Å². The molecule has 0 aliphatic carbocycles. The highest BCUT2D eigenvalue weighted by Gasteiger charge is 2.24. The second-order valence-electron chi connectivity index (χ2n) is 2.96. The Bertz CT molecular complexity index is 71.7. The first kappa shape index (κ1) is 8.61. The Morgan fingerprint density at radius 1 is 1.38 bits per heavy atom. The molecule has 0 rings (SSSR count). The fraction of sp³-hybridized carbons (Fsp3) is 1.00. The molecule has 8 heavy (non-hydrogen) atoms. The lowest BCUT2D eigenvalue weighted by Gasteiger charge is -2.23. The second kappa shape index (κ2) is 2.95. The van der Waals surface area contributed by atoms with Crippen LogP contribution in [0.4, 0.5) is 0 Å². The highest BCUT2D eigenvalue weighted by molar-refractivity contribution is 7.29. The zero-order valence-electron chi connectivity index (χ0n) is 6.49. The summed E-state index contributed by atoms with van der Waals surface area (Å²) in [6, 6.07) is 0. The van der Waals surface area contributed by atoms with E-state index in [2.05, 4.69) is 26.2 Å². The largest absolute Gasteiger partial charge is 0.466 e. The number of hydrogen-bond acceptors (Lipinski definition) is 1. The minimum Gasteiger partial charge on any atom is -0.466 e. The molecule has 0 amide bonds. The van der Waals surface area contributed by atoms with Crippen molar-refractivity contribution in [1.82, 2.24) is 0 Å². The van der Waals surface area contributed by atoms with E-state index in [4.69, 9.17) is 4.12 Å². The summed E-state index contributed by atoms with van der Waals surface area (Å²) in [7, 11) is -0.541. The molecule has 0 fully saturated rings. The smallest absolute Gasteiger partial charge is 0.155 e. The van der Waals surface area contributed by atoms with Crippen LogP contribution in [-0.2, 0) is 4.12 Å². The molecule has 0 aliphatic heterocycles. The minimum absolute atomic E-state index is 0.428. The molecule has 0 atom stereocenters. The summed E-state index contributed by atoms with van der Waals surface area (Å²) >= 11 is 0. The average molecular weight is 164 g/mol. The van der Waals surface area contributed by atoms with Crippen LogP contribution in [0.5, 0.6) is 0 Å². The fourth-order valence-electron chi connectivity index (χ4n) is 0.236. The van der Waals surface area contributed by atoms with Crippen LogP contribution in [0.1, 0.15) is 0 Å². The van der Waals surface area contributed by atoms with Gasteiger partial charge in [0, 0.05) is 0 Å². The molecule has 0 bridgehead atoms. The van der Waals surface area contributed by atoms with Gasteiger partial charge in [0.05, 0.1) is 8.31 Å². The number of rotatable bonds is 2. The molecular formula is C4H16OSi3. The van der Waals surface area contributed by atoms with E-state index >= 15 is 0 Å². The van der Waals surface area contributed by atoms with Crippen molar-refractivity contribution in [2.45, 2.75) is 26.2 Å². The van der Waals surface area contributed by atoms with Crippen LogP contribution in [0.3, 0.4) is 0 Å². The van der Waals surface area contributed by atoms with Gasteiger partial charge in [0.25, 0.3) is 0 Å². The van der Waals surface area contributed by atoms with Crippen molar-refractivity contribution >= 4 is 26.6 Å². The summed E-state index contributed by atoms with van der Waals surface area (Å²) < 4.78 is 5.54. The third-order valence-electron chi connectivity index (χ3n) is 1.92. The van der Waals surface area contributed by atoms with Gasteiger partial charge in [-0.2, -0.15) is 0 Å². The molecule has 0 aromatic heterocycles. The van der Waals surface area contributed by atoms with Crippen LogP contribution >= 0.6 is 0 Å². The Morgan fingerprint density at radius 3 is 1.75 bits per heavy atom. The lowest BCUT2D eigenvalue weighted by molar-refractivity contribution is 0.634. The van der Waals surface area contributed by atoms with Gasteiger partial charge in [-0.25, -0.2) is 0 Å². The zero-order valence-corrected chi connectivity index (χ0v) is 10.6. The van der Waals surface area contributed by atoms with Crippen LogP contribution in [0.15, 0.2) is 0 Å². The lowest BCUT2D eigenvalue weighted by Crippen LogP contribution is -2.43. The second-order valence-corrected chi connectivity index (χ2v) is 17.7. The molecule has 0 saturated carbocycles. The number of hydrogen-bond donors (Lipinski definition) is 0. The predicted octanol–water partition coefficient (Wildman–Crippen LogP) is 0.0536. The van der Waals surface area contributed by atoms with Crippen LogP contribution in [0.2, 0.25) is 26.2 Å². The minimum atomic E-state index is -1.05. The van der Waals surface area contributed by atoms with Gasteiger partial charge in [0.15, 0.2) is 7.83 Å². The first-order valence-electron chi connectivity index (χ1n) is 3.06. The van der Waals surface area contributed by atoms with E-state index in [9.17, 15) is 0 Å². The van der Waals surface area contributed by atoms with E-state index in [1.54, 1.807) is 0 Å². The average Bonchev–Trinajstić information content (AvgIpc) is 1.67. The predicted molar refractivity (Wildman–Crippen MR) is 47.4 cm³/mol. The Labute approximate surface area is 57.5 Å². The van der Waals surface area contributed by atoms with E-state index in [1.165, 1.54) is 0 Å². The SMILES string of the molecule is C[SiH](C)[Si](C)(C)O[SiH3]. The highest BCUT2D eigenvalue weighted by atomic mass is 29.2. The Balaban J connectivity index is 3.71. The molecule has 0 spiro atoms. The van der Waals surface area contributed by atoms with E-state index in [0.717, 1.165) is 10.5 Å². The van der Waals surface area contributed by atoms with Crippen molar-refractivity contribution in [1.29, 1.82) is 0 Å². The van der Waals surface area contributed by atoms with E-state index in [-0.39, 0.29) is 0 Å². The van der Waals surface area contributed by atoms with Crippen LogP contribution in [-0.4, -0.2) is 26.6 Å². The van der Waals surface area contributed by atoms with E-state index < -0.39 is 16.1 Å². The summed E-state index contributed by atoms with van der Waals surface area (Å²) in [5.74, 6) is 0. The van der Waals surface area contributed by atoms with Crippen molar-refractivity contribution in [2.24, 2.45) is 0 Å². The summed E-state index contributed by atoms with van der Waals surface area (Å²) in [4.78, 5) is 0. The monoisotopic (exact) mass is 164 g/mol. The molecule has 50 valence electrons. The molecule has 0 heterocycles. The highest BCUT2D eigenvalue weighted by Crippen LogP contribution is 2.05. The quantitative estimate of drug-likeness (QED) is 0.524. The normalized spacial score (nSPS) is 13.1. The first-order chi connectivity index (χ1) is 3.50. The van der Waals surface area contributed by atoms with Gasteiger partial charge < -0.3 is 4.12 Å². The van der Waals surface area contributed by atoms with E-state index in [0.29, 0.717) is 0 Å². The van der Waals surface area contributed by atoms with Crippen LogP contribution < -0.4 is 0 Å². The van der Waals surface area contributed by atoms with Crippen molar-refractivity contribution < 1.29 is 4.12 Å².